The first kappa shape index (κ1) is 17.1. The number of nitrogens with zero attached hydrogens (tertiary/aromatic N) is 3. The van der Waals surface area contributed by atoms with Crippen LogP contribution in [0.2, 0.25) is 0 Å². The third-order valence-electron chi connectivity index (χ3n) is 4.61. The van der Waals surface area contributed by atoms with Crippen LogP contribution in [0, 0.1) is 5.92 Å². The van der Waals surface area contributed by atoms with Gasteiger partial charge in [-0.2, -0.15) is 0 Å². The number of amides is 1. The van der Waals surface area contributed by atoms with Crippen LogP contribution in [0.3, 0.4) is 0 Å². The van der Waals surface area contributed by atoms with Gasteiger partial charge in [0.2, 0.25) is 5.75 Å². The van der Waals surface area contributed by atoms with Crippen LogP contribution < -0.4 is 5.56 Å². The van der Waals surface area contributed by atoms with Gasteiger partial charge in [-0.25, -0.2) is 4.98 Å². The summed E-state index contributed by atoms with van der Waals surface area (Å²) in [6, 6.07) is 5.17. The Morgan fingerprint density at radius 1 is 1.32 bits per heavy atom. The van der Waals surface area contributed by atoms with E-state index >= 15 is 0 Å². The molecule has 0 spiro atoms. The second kappa shape index (κ2) is 7.46. The highest BCUT2D eigenvalue weighted by atomic mass is 16.3. The first-order valence-electron chi connectivity index (χ1n) is 8.56. The Balaban J connectivity index is 1.86. The Bertz CT molecular complexity index is 798. The number of hydrogen-bond acceptors (Lipinski definition) is 5. The van der Waals surface area contributed by atoms with Gasteiger partial charge in [-0.3, -0.25) is 14.6 Å². The van der Waals surface area contributed by atoms with Gasteiger partial charge in [0.1, 0.15) is 5.69 Å². The van der Waals surface area contributed by atoms with Crippen LogP contribution in [0.1, 0.15) is 42.6 Å². The average molecular weight is 342 g/mol. The lowest BCUT2D eigenvalue weighted by molar-refractivity contribution is 0.0751. The Hall–Kier alpha value is -2.70. The molecular weight excluding hydrogens is 320 g/mol. The summed E-state index contributed by atoms with van der Waals surface area (Å²) in [7, 11) is 1.68. The molecule has 0 aromatic carbocycles. The van der Waals surface area contributed by atoms with Crippen molar-refractivity contribution < 1.29 is 9.90 Å². The van der Waals surface area contributed by atoms with Crippen LogP contribution in [-0.2, 0) is 0 Å². The predicted molar refractivity (Wildman–Crippen MR) is 93.3 cm³/mol. The van der Waals surface area contributed by atoms with E-state index in [1.807, 2.05) is 0 Å². The summed E-state index contributed by atoms with van der Waals surface area (Å²) in [4.78, 5) is 37.0. The van der Waals surface area contributed by atoms with Crippen molar-refractivity contribution in [1.82, 2.24) is 19.9 Å². The molecule has 2 heterocycles. The third-order valence-corrected chi connectivity index (χ3v) is 4.61. The van der Waals surface area contributed by atoms with Crippen LogP contribution >= 0.6 is 0 Å². The summed E-state index contributed by atoms with van der Waals surface area (Å²) in [6.45, 7) is 0.603. The number of pyridine rings is 1. The standard InChI is InChI=1S/C18H22N4O3/c1-22(11-12-7-3-2-4-8-12)18(25)14-15(23)17(24)21-16(20-14)13-9-5-6-10-19-13/h5-6,9-10,12,23H,2-4,7-8,11H2,1H3,(H,20,21,24). The van der Waals surface area contributed by atoms with Gasteiger partial charge in [0.05, 0.1) is 0 Å². The van der Waals surface area contributed by atoms with Crippen molar-refractivity contribution in [3.63, 3.8) is 0 Å². The summed E-state index contributed by atoms with van der Waals surface area (Å²) >= 11 is 0. The molecule has 7 nitrogen and oxygen atoms in total. The molecule has 1 fully saturated rings. The van der Waals surface area contributed by atoms with E-state index in [9.17, 15) is 14.7 Å². The van der Waals surface area contributed by atoms with E-state index in [2.05, 4.69) is 15.0 Å². The fourth-order valence-electron chi connectivity index (χ4n) is 3.26. The maximum atomic E-state index is 12.7. The molecule has 0 aliphatic heterocycles. The first-order chi connectivity index (χ1) is 12.1. The SMILES string of the molecule is CN(CC1CCCCC1)C(=O)c1nc(-c2ccccn2)[nH]c(=O)c1O. The van der Waals surface area contributed by atoms with Gasteiger partial charge in [-0.05, 0) is 30.9 Å². The van der Waals surface area contributed by atoms with Crippen LogP contribution in [0.25, 0.3) is 11.5 Å². The second-order valence-corrected chi connectivity index (χ2v) is 6.52. The molecule has 1 amide bonds. The number of aromatic hydroxyl groups is 1. The quantitative estimate of drug-likeness (QED) is 0.887. The molecule has 0 unspecified atom stereocenters. The van der Waals surface area contributed by atoms with Crippen molar-refractivity contribution in [1.29, 1.82) is 0 Å². The van der Waals surface area contributed by atoms with E-state index in [1.54, 1.807) is 36.3 Å². The monoisotopic (exact) mass is 342 g/mol. The van der Waals surface area contributed by atoms with E-state index in [4.69, 9.17) is 0 Å². The lowest BCUT2D eigenvalue weighted by atomic mass is 9.89. The van der Waals surface area contributed by atoms with Gasteiger partial charge in [0.25, 0.3) is 11.5 Å². The van der Waals surface area contributed by atoms with E-state index < -0.39 is 17.2 Å². The lowest BCUT2D eigenvalue weighted by Crippen LogP contribution is -2.34. The van der Waals surface area contributed by atoms with Crippen LogP contribution in [0.4, 0.5) is 0 Å². The number of H-pyrrole nitrogens is 1. The molecule has 2 aromatic heterocycles. The molecule has 1 saturated carbocycles. The Morgan fingerprint density at radius 2 is 2.08 bits per heavy atom. The minimum absolute atomic E-state index is 0.165. The maximum Gasteiger partial charge on any atom is 0.294 e. The van der Waals surface area contributed by atoms with Gasteiger partial charge >= 0.3 is 0 Å². The van der Waals surface area contributed by atoms with Crippen molar-refractivity contribution in [3.8, 4) is 17.3 Å². The van der Waals surface area contributed by atoms with Crippen LogP contribution in [0.15, 0.2) is 29.2 Å². The van der Waals surface area contributed by atoms with Gasteiger partial charge in [0, 0.05) is 19.8 Å². The van der Waals surface area contributed by atoms with E-state index in [0.29, 0.717) is 18.2 Å². The van der Waals surface area contributed by atoms with Crippen molar-refractivity contribution in [2.75, 3.05) is 13.6 Å². The first-order valence-corrected chi connectivity index (χ1v) is 8.56. The van der Waals surface area contributed by atoms with Crippen LogP contribution in [-0.4, -0.2) is 44.5 Å². The normalized spacial score (nSPS) is 15.1. The lowest BCUT2D eigenvalue weighted by Gasteiger charge is -2.27. The molecule has 3 rings (SSSR count). The van der Waals surface area contributed by atoms with E-state index in [-0.39, 0.29) is 11.5 Å². The summed E-state index contributed by atoms with van der Waals surface area (Å²) in [6.07, 6.45) is 7.39. The molecule has 2 aromatic rings. The highest BCUT2D eigenvalue weighted by Gasteiger charge is 2.24. The zero-order valence-corrected chi connectivity index (χ0v) is 14.2. The number of nitrogens with one attached hydrogen (secondary N) is 1. The third kappa shape index (κ3) is 3.87. The minimum Gasteiger partial charge on any atom is -0.501 e. The van der Waals surface area contributed by atoms with Crippen molar-refractivity contribution in [2.24, 2.45) is 5.92 Å². The maximum absolute atomic E-state index is 12.7. The highest BCUT2D eigenvalue weighted by molar-refractivity contribution is 5.94. The van der Waals surface area contributed by atoms with Gasteiger partial charge in [-0.15, -0.1) is 0 Å². The molecule has 7 heteroatoms. The fraction of sp³-hybridized carbons (Fsp3) is 0.444. The average Bonchev–Trinajstić information content (AvgIpc) is 2.65. The molecule has 0 saturated heterocycles. The summed E-state index contributed by atoms with van der Waals surface area (Å²) in [5, 5.41) is 10.0. The zero-order chi connectivity index (χ0) is 17.8. The molecule has 0 radical (unpaired) electrons. The number of carbonyl (C=O) groups excluding carboxylic acids is 1. The largest absolute Gasteiger partial charge is 0.501 e. The van der Waals surface area contributed by atoms with Crippen molar-refractivity contribution in [3.05, 3.63) is 40.4 Å². The Morgan fingerprint density at radius 3 is 2.76 bits per heavy atom. The Kier molecular flexibility index (Phi) is 5.11. The van der Waals surface area contributed by atoms with Gasteiger partial charge in [-0.1, -0.05) is 25.3 Å². The number of aromatic amines is 1. The van der Waals surface area contributed by atoms with Gasteiger partial charge < -0.3 is 15.0 Å². The van der Waals surface area contributed by atoms with Crippen molar-refractivity contribution >= 4 is 5.91 Å². The predicted octanol–water partition coefficient (Wildman–Crippen LogP) is 2.19. The van der Waals surface area contributed by atoms with E-state index in [1.165, 1.54) is 19.3 Å². The minimum atomic E-state index is -0.745. The molecule has 0 atom stereocenters. The van der Waals surface area contributed by atoms with Crippen molar-refractivity contribution in [2.45, 2.75) is 32.1 Å². The molecule has 1 aliphatic carbocycles. The van der Waals surface area contributed by atoms with E-state index in [0.717, 1.165) is 12.8 Å². The topological polar surface area (TPSA) is 99.2 Å². The number of hydrogen-bond donors (Lipinski definition) is 2. The zero-order valence-electron chi connectivity index (χ0n) is 14.2. The summed E-state index contributed by atoms with van der Waals surface area (Å²) in [5.74, 6) is -0.480. The fourth-order valence-corrected chi connectivity index (χ4v) is 3.26. The Labute approximate surface area is 145 Å². The van der Waals surface area contributed by atoms with Crippen LogP contribution in [0.5, 0.6) is 5.75 Å². The molecule has 132 valence electrons. The number of carbonyl (C=O) groups is 1. The molecule has 1 aliphatic rings. The molecule has 2 N–H and O–H groups in total. The smallest absolute Gasteiger partial charge is 0.294 e. The molecule has 25 heavy (non-hydrogen) atoms. The molecule has 0 bridgehead atoms. The summed E-state index contributed by atoms with van der Waals surface area (Å²) < 4.78 is 0. The second-order valence-electron chi connectivity index (χ2n) is 6.52. The number of aromatic nitrogens is 3. The summed E-state index contributed by atoms with van der Waals surface area (Å²) in [5.41, 5.74) is -0.545. The number of rotatable bonds is 4. The molecular formula is C18H22N4O3. The highest BCUT2D eigenvalue weighted by Crippen LogP contribution is 2.25. The van der Waals surface area contributed by atoms with Gasteiger partial charge in [0.15, 0.2) is 11.5 Å².